The first-order chi connectivity index (χ1) is 16.4. The second-order valence-electron chi connectivity index (χ2n) is 7.22. The number of benzene rings is 2. The third kappa shape index (κ3) is 4.22. The highest BCUT2D eigenvalue weighted by atomic mass is 19.4. The molecule has 0 saturated carbocycles. The van der Waals surface area contributed by atoms with Crippen molar-refractivity contribution in [3.8, 4) is 11.4 Å². The third-order valence-electron chi connectivity index (χ3n) is 4.93. The fraction of sp³-hybridized carbons (Fsp3) is 0.0870. The Morgan fingerprint density at radius 3 is 2.74 bits per heavy atom. The number of amides is 1. The van der Waals surface area contributed by atoms with Crippen molar-refractivity contribution in [1.82, 2.24) is 20.1 Å². The SMILES string of the molecule is O=C(Nc1ccc(-c2noc(C(F)(F)F)n2)c2ncccc12)OCc1cnc2ccccc2c1. The summed E-state index contributed by atoms with van der Waals surface area (Å²) in [6, 6.07) is 15.7. The van der Waals surface area contributed by atoms with Crippen LogP contribution in [0.1, 0.15) is 11.5 Å². The number of pyridine rings is 2. The van der Waals surface area contributed by atoms with Crippen LogP contribution < -0.4 is 5.32 Å². The Kier molecular flexibility index (Phi) is 5.28. The molecule has 0 bridgehead atoms. The van der Waals surface area contributed by atoms with Crippen molar-refractivity contribution in [2.75, 3.05) is 5.32 Å². The summed E-state index contributed by atoms with van der Waals surface area (Å²) in [6.07, 6.45) is -2.39. The molecule has 0 aliphatic carbocycles. The summed E-state index contributed by atoms with van der Waals surface area (Å²) in [5.74, 6) is -1.73. The minimum atomic E-state index is -4.76. The van der Waals surface area contributed by atoms with Crippen LogP contribution in [0.25, 0.3) is 33.2 Å². The number of alkyl halides is 3. The van der Waals surface area contributed by atoms with Crippen molar-refractivity contribution >= 4 is 33.6 Å². The van der Waals surface area contributed by atoms with Gasteiger partial charge in [0, 0.05) is 34.3 Å². The number of carbonyl (C=O) groups excluding carboxylic acids is 1. The molecule has 1 N–H and O–H groups in total. The fourth-order valence-corrected chi connectivity index (χ4v) is 3.40. The van der Waals surface area contributed by atoms with E-state index in [0.29, 0.717) is 16.6 Å². The minimum absolute atomic E-state index is 0.00100. The number of nitrogens with zero attached hydrogens (tertiary/aromatic N) is 4. The van der Waals surface area contributed by atoms with Gasteiger partial charge in [-0.2, -0.15) is 18.2 Å². The number of anilines is 1. The van der Waals surface area contributed by atoms with Crippen molar-refractivity contribution in [2.24, 2.45) is 0 Å². The number of halogens is 3. The number of nitrogens with one attached hydrogen (secondary N) is 1. The quantitative estimate of drug-likeness (QED) is 0.368. The van der Waals surface area contributed by atoms with Crippen LogP contribution in [0.15, 0.2) is 71.5 Å². The van der Waals surface area contributed by atoms with Gasteiger partial charge in [0.1, 0.15) is 6.61 Å². The van der Waals surface area contributed by atoms with Gasteiger partial charge in [0.2, 0.25) is 5.82 Å². The molecule has 5 aromatic rings. The van der Waals surface area contributed by atoms with Crippen molar-refractivity contribution in [1.29, 1.82) is 0 Å². The molecule has 2 aromatic carbocycles. The zero-order valence-corrected chi connectivity index (χ0v) is 17.2. The van der Waals surface area contributed by atoms with E-state index in [1.165, 1.54) is 18.3 Å². The molecule has 0 aliphatic rings. The predicted octanol–water partition coefficient (Wildman–Crippen LogP) is 5.60. The molecule has 1 amide bonds. The molecule has 0 saturated heterocycles. The highest BCUT2D eigenvalue weighted by Gasteiger charge is 2.38. The zero-order valence-electron chi connectivity index (χ0n) is 17.2. The molecule has 8 nitrogen and oxygen atoms in total. The van der Waals surface area contributed by atoms with Gasteiger partial charge in [0.15, 0.2) is 0 Å². The van der Waals surface area contributed by atoms with Crippen LogP contribution in [0.5, 0.6) is 0 Å². The lowest BCUT2D eigenvalue weighted by Crippen LogP contribution is -2.14. The zero-order chi connectivity index (χ0) is 23.7. The molecule has 0 aliphatic heterocycles. The first-order valence-corrected chi connectivity index (χ1v) is 9.95. The average Bonchev–Trinajstić information content (AvgIpc) is 3.34. The van der Waals surface area contributed by atoms with Crippen molar-refractivity contribution < 1.29 is 27.2 Å². The smallest absolute Gasteiger partial charge is 0.444 e. The summed E-state index contributed by atoms with van der Waals surface area (Å²) in [4.78, 5) is 24.4. The van der Waals surface area contributed by atoms with Crippen molar-refractivity contribution in [2.45, 2.75) is 12.8 Å². The monoisotopic (exact) mass is 465 g/mol. The van der Waals surface area contributed by atoms with E-state index in [-0.39, 0.29) is 23.5 Å². The molecular weight excluding hydrogens is 451 g/mol. The Morgan fingerprint density at radius 1 is 1.06 bits per heavy atom. The standard InChI is InChI=1S/C23H14F3N5O3/c24-23(25,26)21-30-20(31-34-21)16-7-8-18(15-5-3-9-27-19(15)16)29-22(32)33-12-13-10-14-4-1-2-6-17(14)28-11-13/h1-11H,12H2,(H,29,32). The summed E-state index contributed by atoms with van der Waals surface area (Å²) in [5.41, 5.74) is 2.41. The van der Waals surface area contributed by atoms with Crippen molar-refractivity contribution in [3.05, 3.63) is 78.4 Å². The summed E-state index contributed by atoms with van der Waals surface area (Å²) in [7, 11) is 0. The van der Waals surface area contributed by atoms with Gasteiger partial charge in [-0.05, 0) is 36.4 Å². The van der Waals surface area contributed by atoms with Gasteiger partial charge in [-0.25, -0.2) is 4.79 Å². The number of ether oxygens (including phenoxy) is 1. The highest BCUT2D eigenvalue weighted by molar-refractivity contribution is 6.03. The number of hydrogen-bond donors (Lipinski definition) is 1. The van der Waals surface area contributed by atoms with Gasteiger partial charge < -0.3 is 9.26 Å². The Morgan fingerprint density at radius 2 is 1.91 bits per heavy atom. The number of hydrogen-bond acceptors (Lipinski definition) is 7. The summed E-state index contributed by atoms with van der Waals surface area (Å²) in [5, 5.41) is 7.43. The van der Waals surface area contributed by atoms with Gasteiger partial charge in [-0.1, -0.05) is 23.4 Å². The molecular formula is C23H14F3N5O3. The third-order valence-corrected chi connectivity index (χ3v) is 4.93. The second kappa shape index (κ2) is 8.43. The van der Waals surface area contributed by atoms with E-state index in [0.717, 1.165) is 10.9 Å². The number of carbonyl (C=O) groups is 1. The van der Waals surface area contributed by atoms with Gasteiger partial charge in [0.25, 0.3) is 0 Å². The first-order valence-electron chi connectivity index (χ1n) is 9.95. The van der Waals surface area contributed by atoms with Crippen LogP contribution in [0.4, 0.5) is 23.7 Å². The Bertz CT molecular complexity index is 1520. The van der Waals surface area contributed by atoms with E-state index in [1.807, 2.05) is 30.3 Å². The largest absolute Gasteiger partial charge is 0.471 e. The molecule has 3 aromatic heterocycles. The number of fused-ring (bicyclic) bond motifs is 2. The van der Waals surface area contributed by atoms with E-state index < -0.39 is 18.2 Å². The molecule has 0 radical (unpaired) electrons. The van der Waals surface area contributed by atoms with Gasteiger partial charge in [-0.15, -0.1) is 0 Å². The fourth-order valence-electron chi connectivity index (χ4n) is 3.40. The topological polar surface area (TPSA) is 103 Å². The molecule has 11 heteroatoms. The minimum Gasteiger partial charge on any atom is -0.444 e. The van der Waals surface area contributed by atoms with E-state index in [4.69, 9.17) is 4.74 Å². The van der Waals surface area contributed by atoms with Crippen LogP contribution in [0.2, 0.25) is 0 Å². The van der Waals surface area contributed by atoms with E-state index in [1.54, 1.807) is 18.3 Å². The lowest BCUT2D eigenvalue weighted by atomic mass is 10.1. The molecule has 5 rings (SSSR count). The Hall–Kier alpha value is -4.54. The lowest BCUT2D eigenvalue weighted by molar-refractivity contribution is -0.159. The van der Waals surface area contributed by atoms with Crippen molar-refractivity contribution in [3.63, 3.8) is 0 Å². The number of rotatable bonds is 4. The maximum absolute atomic E-state index is 12.8. The molecule has 0 unspecified atom stereocenters. The Balaban J connectivity index is 1.36. The summed E-state index contributed by atoms with van der Waals surface area (Å²) < 4.78 is 48.1. The van der Waals surface area contributed by atoms with Crippen LogP contribution in [0.3, 0.4) is 0 Å². The molecule has 3 heterocycles. The van der Waals surface area contributed by atoms with Gasteiger partial charge >= 0.3 is 18.2 Å². The maximum atomic E-state index is 12.8. The van der Waals surface area contributed by atoms with Crippen LogP contribution >= 0.6 is 0 Å². The van der Waals surface area contributed by atoms with E-state index in [9.17, 15) is 18.0 Å². The molecule has 34 heavy (non-hydrogen) atoms. The van der Waals surface area contributed by atoms with E-state index >= 15 is 0 Å². The van der Waals surface area contributed by atoms with Crippen LogP contribution in [0, 0.1) is 0 Å². The highest BCUT2D eigenvalue weighted by Crippen LogP contribution is 2.33. The summed E-state index contributed by atoms with van der Waals surface area (Å²) in [6.45, 7) is 0.00100. The maximum Gasteiger partial charge on any atom is 0.471 e. The Labute approximate surface area is 189 Å². The first kappa shape index (κ1) is 21.3. The van der Waals surface area contributed by atoms with E-state index in [2.05, 4.69) is 29.9 Å². The van der Waals surface area contributed by atoms with Gasteiger partial charge in [-0.3, -0.25) is 15.3 Å². The number of aromatic nitrogens is 4. The van der Waals surface area contributed by atoms with Crippen LogP contribution in [-0.4, -0.2) is 26.2 Å². The predicted molar refractivity (Wildman–Crippen MR) is 116 cm³/mol. The normalized spacial score (nSPS) is 11.6. The van der Waals surface area contributed by atoms with Crippen LogP contribution in [-0.2, 0) is 17.5 Å². The second-order valence-corrected chi connectivity index (χ2v) is 7.22. The summed E-state index contributed by atoms with van der Waals surface area (Å²) >= 11 is 0. The van der Waals surface area contributed by atoms with Gasteiger partial charge in [0.05, 0.1) is 16.7 Å². The molecule has 0 atom stereocenters. The molecule has 0 spiro atoms. The number of para-hydroxylation sites is 1. The molecule has 170 valence electrons. The molecule has 0 fully saturated rings. The lowest BCUT2D eigenvalue weighted by Gasteiger charge is -2.11. The average molecular weight is 465 g/mol.